The van der Waals surface area contributed by atoms with Crippen LogP contribution in [0.5, 0.6) is 0 Å². The number of hydrogen-bond donors (Lipinski definition) is 1. The second-order valence-electron chi connectivity index (χ2n) is 6.71. The van der Waals surface area contributed by atoms with Gasteiger partial charge in [-0.1, -0.05) is 13.3 Å². The largest absolute Gasteiger partial charge is 0.356 e. The molecule has 1 aromatic rings. The van der Waals surface area contributed by atoms with Crippen LogP contribution in [0.3, 0.4) is 0 Å². The highest BCUT2D eigenvalue weighted by molar-refractivity contribution is 14.0. The van der Waals surface area contributed by atoms with Crippen molar-refractivity contribution < 1.29 is 0 Å². The number of hydrogen-bond acceptors (Lipinski definition) is 3. The van der Waals surface area contributed by atoms with E-state index in [-0.39, 0.29) is 24.0 Å². The number of guanidine groups is 1. The number of halogens is 1. The highest BCUT2D eigenvalue weighted by atomic mass is 127. The highest BCUT2D eigenvalue weighted by Gasteiger charge is 2.43. The molecule has 1 saturated heterocycles. The number of thiazole rings is 1. The van der Waals surface area contributed by atoms with E-state index in [9.17, 15) is 0 Å². The summed E-state index contributed by atoms with van der Waals surface area (Å²) >= 11 is 1.84. The van der Waals surface area contributed by atoms with E-state index in [4.69, 9.17) is 4.98 Å². The predicted molar refractivity (Wildman–Crippen MR) is 109 cm³/mol. The maximum Gasteiger partial charge on any atom is 0.193 e. The van der Waals surface area contributed by atoms with Gasteiger partial charge in [-0.15, -0.1) is 35.3 Å². The first-order chi connectivity index (χ1) is 10.7. The van der Waals surface area contributed by atoms with Crippen molar-refractivity contribution in [1.82, 2.24) is 15.2 Å². The average Bonchev–Trinajstić information content (AvgIpc) is 3.07. The molecule has 1 spiro atoms. The van der Waals surface area contributed by atoms with Crippen LogP contribution < -0.4 is 5.32 Å². The van der Waals surface area contributed by atoms with Crippen LogP contribution in [0, 0.1) is 12.3 Å². The summed E-state index contributed by atoms with van der Waals surface area (Å²) < 4.78 is 0. The third-order valence-corrected chi connectivity index (χ3v) is 6.33. The van der Waals surface area contributed by atoms with Crippen molar-refractivity contribution in [3.63, 3.8) is 0 Å². The minimum absolute atomic E-state index is 0. The molecule has 2 aliphatic rings. The normalized spacial score (nSPS) is 19.6. The van der Waals surface area contributed by atoms with Gasteiger partial charge in [0, 0.05) is 38.0 Å². The predicted octanol–water partition coefficient (Wildman–Crippen LogP) is 3.63. The number of aromatic nitrogens is 1. The van der Waals surface area contributed by atoms with Gasteiger partial charge in [0.2, 0.25) is 0 Å². The first kappa shape index (κ1) is 19.0. The summed E-state index contributed by atoms with van der Waals surface area (Å²) in [5.74, 6) is 1.08. The molecule has 3 rings (SSSR count). The average molecular weight is 448 g/mol. The molecule has 1 aliphatic carbocycles. The van der Waals surface area contributed by atoms with E-state index in [2.05, 4.69) is 29.1 Å². The van der Waals surface area contributed by atoms with E-state index in [1.807, 2.05) is 18.4 Å². The fraction of sp³-hybridized carbons (Fsp3) is 0.765. The van der Waals surface area contributed by atoms with E-state index in [1.165, 1.54) is 47.8 Å². The molecule has 1 N–H and O–H groups in total. The molecule has 0 bridgehead atoms. The molecule has 2 fully saturated rings. The molecule has 1 aromatic heterocycles. The summed E-state index contributed by atoms with van der Waals surface area (Å²) in [7, 11) is 1.90. The molecule has 0 atom stereocenters. The lowest BCUT2D eigenvalue weighted by atomic mass is 9.68. The van der Waals surface area contributed by atoms with Gasteiger partial charge in [-0.25, -0.2) is 4.98 Å². The van der Waals surface area contributed by atoms with Gasteiger partial charge in [0.05, 0.1) is 10.7 Å². The van der Waals surface area contributed by atoms with E-state index in [0.29, 0.717) is 5.41 Å². The second kappa shape index (κ2) is 8.14. The van der Waals surface area contributed by atoms with Crippen LogP contribution in [-0.4, -0.2) is 42.5 Å². The molecule has 1 saturated carbocycles. The minimum Gasteiger partial charge on any atom is -0.356 e. The topological polar surface area (TPSA) is 40.5 Å². The fourth-order valence-electron chi connectivity index (χ4n) is 3.74. The van der Waals surface area contributed by atoms with E-state index >= 15 is 0 Å². The third kappa shape index (κ3) is 4.18. The Balaban J connectivity index is 0.00000192. The summed E-state index contributed by atoms with van der Waals surface area (Å²) in [6, 6.07) is 0. The molecule has 0 aromatic carbocycles. The van der Waals surface area contributed by atoms with Crippen molar-refractivity contribution in [2.24, 2.45) is 10.4 Å². The van der Waals surface area contributed by atoms with E-state index in [0.717, 1.165) is 31.9 Å². The van der Waals surface area contributed by atoms with Crippen molar-refractivity contribution in [1.29, 1.82) is 0 Å². The van der Waals surface area contributed by atoms with Crippen molar-refractivity contribution in [2.45, 2.75) is 52.4 Å². The van der Waals surface area contributed by atoms with Crippen molar-refractivity contribution in [2.75, 3.05) is 26.7 Å². The zero-order valence-corrected chi connectivity index (χ0v) is 17.7. The lowest BCUT2D eigenvalue weighted by molar-refractivity contribution is 0.151. The minimum atomic E-state index is 0. The number of nitrogens with one attached hydrogen (secondary N) is 1. The zero-order chi connectivity index (χ0) is 15.6. The monoisotopic (exact) mass is 448 g/mol. The Hall–Kier alpha value is -0.370. The standard InChI is InChI=1S/C17H28N4S.HI/c1-4-14-13(2)22-15(20-14)6-10-19-16(18-3)21-11-9-17(12-21)7-5-8-17;/h4-12H2,1-3H3,(H,18,19);1H. The van der Waals surface area contributed by atoms with Crippen molar-refractivity contribution in [3.05, 3.63) is 15.6 Å². The van der Waals surface area contributed by atoms with Gasteiger partial charge in [0.1, 0.15) is 0 Å². The molecule has 0 unspecified atom stereocenters. The third-order valence-electron chi connectivity index (χ3n) is 5.26. The second-order valence-corrected chi connectivity index (χ2v) is 8.00. The van der Waals surface area contributed by atoms with Crippen LogP contribution in [0.15, 0.2) is 4.99 Å². The van der Waals surface area contributed by atoms with Gasteiger partial charge in [-0.3, -0.25) is 4.99 Å². The first-order valence-electron chi connectivity index (χ1n) is 8.56. The van der Waals surface area contributed by atoms with Crippen LogP contribution >= 0.6 is 35.3 Å². The van der Waals surface area contributed by atoms with E-state index in [1.54, 1.807) is 0 Å². The lowest BCUT2D eigenvalue weighted by Crippen LogP contribution is -2.43. The van der Waals surface area contributed by atoms with Gasteiger partial charge >= 0.3 is 0 Å². The summed E-state index contributed by atoms with van der Waals surface area (Å²) in [5, 5.41) is 4.78. The summed E-state index contributed by atoms with van der Waals surface area (Å²) in [6.45, 7) is 7.63. The highest BCUT2D eigenvalue weighted by Crippen LogP contribution is 2.47. The van der Waals surface area contributed by atoms with Gasteiger partial charge in [0.15, 0.2) is 5.96 Å². The molecule has 2 heterocycles. The molecule has 4 nitrogen and oxygen atoms in total. The Kier molecular flexibility index (Phi) is 6.71. The molecule has 23 heavy (non-hydrogen) atoms. The Bertz CT molecular complexity index is 551. The first-order valence-corrected chi connectivity index (χ1v) is 9.38. The van der Waals surface area contributed by atoms with Gasteiger partial charge in [-0.05, 0) is 38.0 Å². The summed E-state index contributed by atoms with van der Waals surface area (Å²) in [5.41, 5.74) is 1.89. The van der Waals surface area contributed by atoms with Gasteiger partial charge in [0.25, 0.3) is 0 Å². The Morgan fingerprint density at radius 3 is 2.70 bits per heavy atom. The SMILES string of the molecule is CCc1nc(CCNC(=NC)N2CCC3(CCC3)C2)sc1C.I. The fourth-order valence-corrected chi connectivity index (χ4v) is 4.76. The van der Waals surface area contributed by atoms with Gasteiger partial charge in [-0.2, -0.15) is 0 Å². The van der Waals surface area contributed by atoms with Crippen LogP contribution in [0.1, 0.15) is 48.2 Å². The number of aliphatic imine (C=N–C) groups is 1. The molecular formula is C17H29IN4S. The van der Waals surface area contributed by atoms with E-state index < -0.39 is 0 Å². The van der Waals surface area contributed by atoms with Crippen molar-refractivity contribution in [3.8, 4) is 0 Å². The molecular weight excluding hydrogens is 419 g/mol. The number of nitrogens with zero attached hydrogens (tertiary/aromatic N) is 3. The molecule has 0 radical (unpaired) electrons. The quantitative estimate of drug-likeness (QED) is 0.435. The smallest absolute Gasteiger partial charge is 0.193 e. The summed E-state index contributed by atoms with van der Waals surface area (Å²) in [4.78, 5) is 13.0. The molecule has 130 valence electrons. The van der Waals surface area contributed by atoms with Crippen LogP contribution in [0.2, 0.25) is 0 Å². The Labute approximate surface area is 161 Å². The Morgan fingerprint density at radius 1 is 1.39 bits per heavy atom. The maximum absolute atomic E-state index is 4.72. The Morgan fingerprint density at radius 2 is 2.17 bits per heavy atom. The molecule has 0 amide bonds. The van der Waals surface area contributed by atoms with Crippen LogP contribution in [0.25, 0.3) is 0 Å². The van der Waals surface area contributed by atoms with Crippen LogP contribution in [-0.2, 0) is 12.8 Å². The molecule has 1 aliphatic heterocycles. The zero-order valence-electron chi connectivity index (χ0n) is 14.5. The summed E-state index contributed by atoms with van der Waals surface area (Å²) in [6.07, 6.45) is 7.62. The number of likely N-dealkylation sites (tertiary alicyclic amines) is 1. The van der Waals surface area contributed by atoms with Crippen molar-refractivity contribution >= 4 is 41.3 Å². The number of aryl methyl sites for hydroxylation is 2. The lowest BCUT2D eigenvalue weighted by Gasteiger charge is -2.38. The maximum atomic E-state index is 4.72. The van der Waals surface area contributed by atoms with Gasteiger partial charge < -0.3 is 10.2 Å². The molecule has 6 heteroatoms. The van der Waals surface area contributed by atoms with Crippen LogP contribution in [0.4, 0.5) is 0 Å². The number of rotatable bonds is 4.